The molecule has 5 heteroatoms. The maximum Gasteiger partial charge on any atom is 0.237 e. The summed E-state index contributed by atoms with van der Waals surface area (Å²) in [6.07, 6.45) is 0.302. The zero-order valence-corrected chi connectivity index (χ0v) is 13.7. The van der Waals surface area contributed by atoms with E-state index in [9.17, 15) is 9.59 Å². The van der Waals surface area contributed by atoms with Crippen molar-refractivity contribution < 1.29 is 9.59 Å². The van der Waals surface area contributed by atoms with Gasteiger partial charge in [-0.1, -0.05) is 36.4 Å². The zero-order valence-electron chi connectivity index (χ0n) is 12.8. The van der Waals surface area contributed by atoms with Gasteiger partial charge < -0.3 is 10.6 Å². The van der Waals surface area contributed by atoms with Gasteiger partial charge in [0.05, 0.1) is 17.4 Å². The smallest absolute Gasteiger partial charge is 0.237 e. The highest BCUT2D eigenvalue weighted by Crippen LogP contribution is 2.35. The van der Waals surface area contributed by atoms with Crippen molar-refractivity contribution in [2.24, 2.45) is 0 Å². The molecular weight excluding hydrogens is 308 g/mol. The fourth-order valence-electron chi connectivity index (χ4n) is 2.41. The van der Waals surface area contributed by atoms with Gasteiger partial charge in [-0.25, -0.2) is 0 Å². The van der Waals surface area contributed by atoms with Crippen molar-refractivity contribution in [3.63, 3.8) is 0 Å². The van der Waals surface area contributed by atoms with Gasteiger partial charge in [-0.15, -0.1) is 11.8 Å². The first-order valence-corrected chi connectivity index (χ1v) is 8.41. The first kappa shape index (κ1) is 15.6. The molecule has 0 spiro atoms. The van der Waals surface area contributed by atoms with Crippen LogP contribution in [0.25, 0.3) is 0 Å². The zero-order chi connectivity index (χ0) is 16.2. The Bertz CT molecular complexity index is 731. The summed E-state index contributed by atoms with van der Waals surface area (Å²) < 4.78 is 0. The average Bonchev–Trinajstić information content (AvgIpc) is 2.55. The van der Waals surface area contributed by atoms with Gasteiger partial charge in [0, 0.05) is 11.4 Å². The van der Waals surface area contributed by atoms with E-state index in [2.05, 4.69) is 10.6 Å². The van der Waals surface area contributed by atoms with Crippen LogP contribution in [-0.4, -0.2) is 17.1 Å². The van der Waals surface area contributed by atoms with Gasteiger partial charge in [0.2, 0.25) is 11.8 Å². The predicted molar refractivity (Wildman–Crippen MR) is 92.4 cm³/mol. The van der Waals surface area contributed by atoms with E-state index in [-0.39, 0.29) is 17.1 Å². The van der Waals surface area contributed by atoms with Crippen LogP contribution >= 0.6 is 11.8 Å². The molecule has 2 N–H and O–H groups in total. The topological polar surface area (TPSA) is 58.2 Å². The minimum Gasteiger partial charge on any atom is -0.352 e. The second-order valence-corrected chi connectivity index (χ2v) is 6.90. The van der Waals surface area contributed by atoms with Crippen LogP contribution in [0.2, 0.25) is 0 Å². The predicted octanol–water partition coefficient (Wildman–Crippen LogP) is 2.98. The Balaban J connectivity index is 1.61. The van der Waals surface area contributed by atoms with Crippen LogP contribution in [0.15, 0.2) is 53.4 Å². The van der Waals surface area contributed by atoms with E-state index in [4.69, 9.17) is 0 Å². The molecule has 0 fully saturated rings. The summed E-state index contributed by atoms with van der Waals surface area (Å²) >= 11 is 1.54. The number of carbonyl (C=O) groups excluding carboxylic acids is 2. The Morgan fingerprint density at radius 2 is 1.96 bits per heavy atom. The van der Waals surface area contributed by atoms with Gasteiger partial charge in [0.1, 0.15) is 0 Å². The van der Waals surface area contributed by atoms with Crippen LogP contribution in [0, 0.1) is 0 Å². The van der Waals surface area contributed by atoms with E-state index in [1.807, 2.05) is 55.5 Å². The summed E-state index contributed by atoms with van der Waals surface area (Å²) in [5.74, 6) is -0.0230. The van der Waals surface area contributed by atoms with Gasteiger partial charge >= 0.3 is 0 Å². The monoisotopic (exact) mass is 326 g/mol. The largest absolute Gasteiger partial charge is 0.352 e. The second kappa shape index (κ2) is 6.87. The molecule has 2 aromatic rings. The third-order valence-corrected chi connectivity index (χ3v) is 4.85. The number of fused-ring (bicyclic) bond motifs is 1. The van der Waals surface area contributed by atoms with Crippen molar-refractivity contribution in [1.82, 2.24) is 5.32 Å². The summed E-state index contributed by atoms with van der Waals surface area (Å²) in [5, 5.41) is 5.72. The summed E-state index contributed by atoms with van der Waals surface area (Å²) in [4.78, 5) is 24.9. The highest BCUT2D eigenvalue weighted by atomic mass is 32.2. The highest BCUT2D eigenvalue weighted by molar-refractivity contribution is 8.00. The molecule has 0 bridgehead atoms. The molecule has 1 atom stereocenters. The van der Waals surface area contributed by atoms with E-state index in [1.54, 1.807) is 11.8 Å². The number of anilines is 1. The van der Waals surface area contributed by atoms with E-state index < -0.39 is 0 Å². The van der Waals surface area contributed by atoms with Crippen LogP contribution in [0.1, 0.15) is 18.1 Å². The Morgan fingerprint density at radius 1 is 1.17 bits per heavy atom. The average molecular weight is 326 g/mol. The van der Waals surface area contributed by atoms with Crippen LogP contribution in [-0.2, 0) is 22.6 Å². The first-order chi connectivity index (χ1) is 11.1. The molecule has 0 radical (unpaired) electrons. The van der Waals surface area contributed by atoms with Gasteiger partial charge in [0.25, 0.3) is 0 Å². The summed E-state index contributed by atoms with van der Waals surface area (Å²) in [6, 6.07) is 15.6. The Morgan fingerprint density at radius 3 is 2.74 bits per heavy atom. The summed E-state index contributed by atoms with van der Waals surface area (Å²) in [6.45, 7) is 2.41. The van der Waals surface area contributed by atoms with Crippen molar-refractivity contribution >= 4 is 29.3 Å². The first-order valence-electron chi connectivity index (χ1n) is 7.53. The highest BCUT2D eigenvalue weighted by Gasteiger charge is 2.23. The molecule has 0 saturated carbocycles. The lowest BCUT2D eigenvalue weighted by Gasteiger charge is -2.21. The molecule has 0 saturated heterocycles. The van der Waals surface area contributed by atoms with Crippen LogP contribution in [0.3, 0.4) is 0 Å². The molecule has 1 heterocycles. The number of hydrogen-bond acceptors (Lipinski definition) is 3. The lowest BCUT2D eigenvalue weighted by molar-refractivity contribution is -0.120. The van der Waals surface area contributed by atoms with Gasteiger partial charge in [-0.05, 0) is 30.2 Å². The van der Waals surface area contributed by atoms with Crippen LogP contribution < -0.4 is 10.6 Å². The molecular formula is C18H18N2O2S. The van der Waals surface area contributed by atoms with Crippen molar-refractivity contribution in [2.75, 3.05) is 5.32 Å². The molecule has 3 rings (SSSR count). The quantitative estimate of drug-likeness (QED) is 0.908. The summed E-state index contributed by atoms with van der Waals surface area (Å²) in [7, 11) is 0. The Labute approximate surface area is 139 Å². The number of thioether (sulfide) groups is 1. The molecule has 0 aliphatic carbocycles. The molecule has 2 amide bonds. The Kier molecular flexibility index (Phi) is 4.67. The number of hydrogen-bond donors (Lipinski definition) is 2. The maximum atomic E-state index is 12.1. The fourth-order valence-corrected chi connectivity index (χ4v) is 3.34. The van der Waals surface area contributed by atoms with E-state index >= 15 is 0 Å². The summed E-state index contributed by atoms with van der Waals surface area (Å²) in [5.41, 5.74) is 2.76. The molecule has 1 aliphatic heterocycles. The van der Waals surface area contributed by atoms with E-state index in [0.29, 0.717) is 13.0 Å². The third kappa shape index (κ3) is 3.93. The molecule has 1 unspecified atom stereocenters. The minimum absolute atomic E-state index is 0.00757. The lowest BCUT2D eigenvalue weighted by atomic mass is 10.1. The molecule has 4 nitrogen and oxygen atoms in total. The normalized spacial score (nSPS) is 16.4. The maximum absolute atomic E-state index is 12.1. The van der Waals surface area contributed by atoms with E-state index in [1.165, 1.54) is 0 Å². The third-order valence-electron chi connectivity index (χ3n) is 3.67. The standard InChI is InChI=1S/C18H18N2O2S/c1-12-18(22)20-15-9-14(7-8-16(15)23-12)10-17(21)19-11-13-5-3-2-4-6-13/h2-9,12H,10-11H2,1H3,(H,19,21)(H,20,22). The number of carbonyl (C=O) groups is 2. The van der Waals surface area contributed by atoms with Gasteiger partial charge in [-0.3, -0.25) is 9.59 Å². The molecule has 23 heavy (non-hydrogen) atoms. The fraction of sp³-hybridized carbons (Fsp3) is 0.222. The number of benzene rings is 2. The molecule has 2 aromatic carbocycles. The SMILES string of the molecule is CC1Sc2ccc(CC(=O)NCc3ccccc3)cc2NC1=O. The molecule has 0 aromatic heterocycles. The lowest BCUT2D eigenvalue weighted by Crippen LogP contribution is -2.27. The number of nitrogens with one attached hydrogen (secondary N) is 2. The van der Waals surface area contributed by atoms with Crippen molar-refractivity contribution in [3.05, 3.63) is 59.7 Å². The van der Waals surface area contributed by atoms with Crippen LogP contribution in [0.5, 0.6) is 0 Å². The van der Waals surface area contributed by atoms with Crippen molar-refractivity contribution in [2.45, 2.75) is 30.0 Å². The minimum atomic E-state index is -0.0810. The van der Waals surface area contributed by atoms with Gasteiger partial charge in [-0.2, -0.15) is 0 Å². The van der Waals surface area contributed by atoms with Gasteiger partial charge in [0.15, 0.2) is 0 Å². The van der Waals surface area contributed by atoms with Crippen molar-refractivity contribution in [3.8, 4) is 0 Å². The Hall–Kier alpha value is -2.27. The molecule has 1 aliphatic rings. The van der Waals surface area contributed by atoms with E-state index in [0.717, 1.165) is 21.7 Å². The molecule has 118 valence electrons. The van der Waals surface area contributed by atoms with Crippen molar-refractivity contribution in [1.29, 1.82) is 0 Å². The number of rotatable bonds is 4. The second-order valence-electron chi connectivity index (χ2n) is 5.52. The number of amides is 2. The van der Waals surface area contributed by atoms with Crippen LogP contribution in [0.4, 0.5) is 5.69 Å².